The zero-order valence-electron chi connectivity index (χ0n) is 21.6. The Balaban J connectivity index is 1.23. The zero-order valence-corrected chi connectivity index (χ0v) is 21.6. The Bertz CT molecular complexity index is 1460. The van der Waals surface area contributed by atoms with E-state index in [4.69, 9.17) is 0 Å². The van der Waals surface area contributed by atoms with Gasteiger partial charge in [0, 0.05) is 54.2 Å². The number of benzene rings is 4. The summed E-state index contributed by atoms with van der Waals surface area (Å²) in [5.74, 6) is -0.0798. The molecular formula is C33H32N4O. The first-order valence-corrected chi connectivity index (χ1v) is 13.0. The van der Waals surface area contributed by atoms with Crippen molar-refractivity contribution in [1.82, 2.24) is 15.2 Å². The minimum atomic E-state index is -0.0798. The lowest BCUT2D eigenvalue weighted by atomic mass is 10.1. The van der Waals surface area contributed by atoms with Crippen molar-refractivity contribution in [2.45, 2.75) is 20.0 Å². The van der Waals surface area contributed by atoms with Gasteiger partial charge >= 0.3 is 0 Å². The molecular weight excluding hydrogens is 468 g/mol. The predicted octanol–water partition coefficient (Wildman–Crippen LogP) is 6.72. The fraction of sp³-hybridized carbons (Fsp3) is 0.152. The first kappa shape index (κ1) is 25.2. The van der Waals surface area contributed by atoms with Crippen molar-refractivity contribution < 1.29 is 4.79 Å². The summed E-state index contributed by atoms with van der Waals surface area (Å²) < 4.78 is 0. The molecule has 0 radical (unpaired) electrons. The van der Waals surface area contributed by atoms with Crippen LogP contribution in [-0.2, 0) is 13.1 Å². The molecule has 0 aliphatic heterocycles. The molecule has 5 heteroatoms. The van der Waals surface area contributed by atoms with Gasteiger partial charge in [-0.15, -0.1) is 0 Å². The molecule has 5 rings (SSSR count). The van der Waals surface area contributed by atoms with Crippen molar-refractivity contribution in [3.8, 4) is 0 Å². The summed E-state index contributed by atoms with van der Waals surface area (Å²) >= 11 is 0. The summed E-state index contributed by atoms with van der Waals surface area (Å²) in [5.41, 5.74) is 6.86. The average molecular weight is 501 g/mol. The largest absolute Gasteiger partial charge is 0.355 e. The molecule has 5 nitrogen and oxygen atoms in total. The lowest BCUT2D eigenvalue weighted by Crippen LogP contribution is -2.34. The minimum Gasteiger partial charge on any atom is -0.355 e. The summed E-state index contributed by atoms with van der Waals surface area (Å²) in [7, 11) is 0. The van der Waals surface area contributed by atoms with Crippen LogP contribution < -0.4 is 10.6 Å². The van der Waals surface area contributed by atoms with E-state index in [1.165, 1.54) is 11.1 Å². The number of para-hydroxylation sites is 1. The van der Waals surface area contributed by atoms with E-state index in [0.29, 0.717) is 12.1 Å². The van der Waals surface area contributed by atoms with Gasteiger partial charge in [-0.1, -0.05) is 84.9 Å². The van der Waals surface area contributed by atoms with Gasteiger partial charge in [-0.2, -0.15) is 0 Å². The van der Waals surface area contributed by atoms with Crippen molar-refractivity contribution in [2.24, 2.45) is 0 Å². The number of carbonyl (C=O) groups is 1. The van der Waals surface area contributed by atoms with E-state index < -0.39 is 0 Å². The van der Waals surface area contributed by atoms with Gasteiger partial charge in [-0.3, -0.25) is 14.7 Å². The second-order valence-electron chi connectivity index (χ2n) is 9.47. The van der Waals surface area contributed by atoms with Crippen LogP contribution in [0, 0.1) is 6.92 Å². The van der Waals surface area contributed by atoms with Crippen molar-refractivity contribution in [3.05, 3.63) is 138 Å². The lowest BCUT2D eigenvalue weighted by molar-refractivity contribution is 0.0947. The number of hydrogen-bond donors (Lipinski definition) is 2. The van der Waals surface area contributed by atoms with Crippen molar-refractivity contribution in [3.63, 3.8) is 0 Å². The number of amides is 1. The molecule has 0 bridgehead atoms. The number of carbonyl (C=O) groups excluding carboxylic acids is 1. The third-order valence-electron chi connectivity index (χ3n) is 6.46. The number of aryl methyl sites for hydroxylation is 1. The molecule has 2 N–H and O–H groups in total. The lowest BCUT2D eigenvalue weighted by Gasteiger charge is -2.23. The second kappa shape index (κ2) is 12.2. The molecule has 190 valence electrons. The molecule has 5 aromatic rings. The Kier molecular flexibility index (Phi) is 8.07. The van der Waals surface area contributed by atoms with Gasteiger partial charge in [-0.05, 0) is 48.4 Å². The first-order valence-electron chi connectivity index (χ1n) is 13.0. The molecule has 1 aromatic heterocycles. The van der Waals surface area contributed by atoms with Crippen LogP contribution >= 0.6 is 0 Å². The van der Waals surface area contributed by atoms with Crippen molar-refractivity contribution >= 4 is 28.2 Å². The van der Waals surface area contributed by atoms with Gasteiger partial charge in [0.05, 0.1) is 5.52 Å². The number of pyridine rings is 1. The quantitative estimate of drug-likeness (QED) is 0.224. The summed E-state index contributed by atoms with van der Waals surface area (Å²) in [6.07, 6.45) is 0. The fourth-order valence-corrected chi connectivity index (χ4v) is 4.63. The number of hydrogen-bond acceptors (Lipinski definition) is 4. The van der Waals surface area contributed by atoms with E-state index in [-0.39, 0.29) is 5.91 Å². The molecule has 1 heterocycles. The van der Waals surface area contributed by atoms with E-state index in [0.717, 1.165) is 47.6 Å². The van der Waals surface area contributed by atoms with Crippen LogP contribution in [0.5, 0.6) is 0 Å². The summed E-state index contributed by atoms with van der Waals surface area (Å²) in [4.78, 5) is 20.0. The van der Waals surface area contributed by atoms with Crippen LogP contribution in [0.25, 0.3) is 10.9 Å². The third-order valence-corrected chi connectivity index (χ3v) is 6.46. The number of nitrogens with one attached hydrogen (secondary N) is 2. The second-order valence-corrected chi connectivity index (χ2v) is 9.47. The summed E-state index contributed by atoms with van der Waals surface area (Å²) in [6, 6.07) is 38.6. The van der Waals surface area contributed by atoms with Gasteiger partial charge in [0.15, 0.2) is 0 Å². The van der Waals surface area contributed by atoms with Crippen LogP contribution in [0.1, 0.15) is 27.2 Å². The van der Waals surface area contributed by atoms with E-state index >= 15 is 0 Å². The molecule has 0 saturated carbocycles. The van der Waals surface area contributed by atoms with Gasteiger partial charge in [0.1, 0.15) is 0 Å². The first-order chi connectivity index (χ1) is 18.6. The molecule has 38 heavy (non-hydrogen) atoms. The molecule has 0 atom stereocenters. The van der Waals surface area contributed by atoms with Crippen LogP contribution in [0.2, 0.25) is 0 Å². The Morgan fingerprint density at radius 3 is 2.13 bits per heavy atom. The topological polar surface area (TPSA) is 57.3 Å². The van der Waals surface area contributed by atoms with Gasteiger partial charge in [-0.25, -0.2) is 0 Å². The monoisotopic (exact) mass is 500 g/mol. The van der Waals surface area contributed by atoms with Crippen LogP contribution in [0.3, 0.4) is 0 Å². The molecule has 0 aliphatic rings. The zero-order chi connectivity index (χ0) is 26.2. The Morgan fingerprint density at radius 1 is 0.763 bits per heavy atom. The minimum absolute atomic E-state index is 0.0798. The third kappa shape index (κ3) is 6.64. The van der Waals surface area contributed by atoms with Gasteiger partial charge in [0.2, 0.25) is 0 Å². The molecule has 0 fully saturated rings. The maximum absolute atomic E-state index is 13.0. The average Bonchev–Trinajstić information content (AvgIpc) is 2.94. The predicted molar refractivity (Wildman–Crippen MR) is 156 cm³/mol. The van der Waals surface area contributed by atoms with Gasteiger partial charge in [0.25, 0.3) is 5.91 Å². The molecule has 0 saturated heterocycles. The highest BCUT2D eigenvalue weighted by atomic mass is 16.1. The number of rotatable bonds is 10. The van der Waals surface area contributed by atoms with Crippen LogP contribution in [0.15, 0.2) is 115 Å². The molecule has 1 amide bonds. The Labute approximate surface area is 224 Å². The number of fused-ring (bicyclic) bond motifs is 1. The van der Waals surface area contributed by atoms with E-state index in [1.807, 2.05) is 67.6 Å². The Hall–Kier alpha value is -4.48. The highest BCUT2D eigenvalue weighted by Crippen LogP contribution is 2.26. The highest BCUT2D eigenvalue weighted by molar-refractivity contribution is 5.96. The van der Waals surface area contributed by atoms with Gasteiger partial charge < -0.3 is 10.6 Å². The molecule has 4 aromatic carbocycles. The molecule has 0 aliphatic carbocycles. The van der Waals surface area contributed by atoms with E-state index in [2.05, 4.69) is 75.1 Å². The SMILES string of the molecule is Cc1cc(Nc2cccc(C(=O)NCCN(Cc3ccccc3)Cc3ccccc3)c2)c2ccccc2n1. The van der Waals surface area contributed by atoms with Crippen LogP contribution in [0.4, 0.5) is 11.4 Å². The summed E-state index contributed by atoms with van der Waals surface area (Å²) in [5, 5.41) is 7.64. The van der Waals surface area contributed by atoms with Crippen molar-refractivity contribution in [1.29, 1.82) is 0 Å². The number of aromatic nitrogens is 1. The fourth-order valence-electron chi connectivity index (χ4n) is 4.63. The molecule has 0 unspecified atom stereocenters. The highest BCUT2D eigenvalue weighted by Gasteiger charge is 2.11. The Morgan fingerprint density at radius 2 is 1.42 bits per heavy atom. The standard InChI is InChI=1S/C33H32N4O/c1-25-21-32(30-17-8-9-18-31(30)35-25)36-29-16-10-15-28(22-29)33(38)34-19-20-37(23-26-11-4-2-5-12-26)24-27-13-6-3-7-14-27/h2-18,21-22H,19-20,23-24H2,1H3,(H,34,38)(H,35,36). The summed E-state index contributed by atoms with van der Waals surface area (Å²) in [6.45, 7) is 4.94. The van der Waals surface area contributed by atoms with Crippen LogP contribution in [-0.4, -0.2) is 28.9 Å². The van der Waals surface area contributed by atoms with Crippen molar-refractivity contribution in [2.75, 3.05) is 18.4 Å². The number of nitrogens with zero attached hydrogens (tertiary/aromatic N) is 2. The van der Waals surface area contributed by atoms with E-state index in [1.54, 1.807) is 0 Å². The van der Waals surface area contributed by atoms with E-state index in [9.17, 15) is 4.79 Å². The number of anilines is 2. The maximum atomic E-state index is 13.0. The smallest absolute Gasteiger partial charge is 0.251 e. The maximum Gasteiger partial charge on any atom is 0.251 e. The molecule has 0 spiro atoms. The normalized spacial score (nSPS) is 11.0.